The zero-order valence-corrected chi connectivity index (χ0v) is 26.7. The predicted molar refractivity (Wildman–Crippen MR) is 156 cm³/mol. The molecule has 0 radical (unpaired) electrons. The van der Waals surface area contributed by atoms with Gasteiger partial charge in [0.25, 0.3) is 0 Å². The molecule has 2 aliphatic carbocycles. The van der Waals surface area contributed by atoms with Crippen molar-refractivity contribution in [3.8, 4) is 0 Å². The number of halogens is 3. The average Bonchev–Trinajstić information content (AvgIpc) is 3.45. The van der Waals surface area contributed by atoms with Crippen LogP contribution < -0.4 is 0 Å². The molecular weight excluding hydrogens is 535 g/mol. The quantitative estimate of drug-likeness (QED) is 0.347. The van der Waals surface area contributed by atoms with Gasteiger partial charge in [-0.15, -0.1) is 11.3 Å². The van der Waals surface area contributed by atoms with E-state index in [0.29, 0.717) is 21.8 Å². The van der Waals surface area contributed by atoms with Crippen molar-refractivity contribution < 1.29 is 22.7 Å². The fourth-order valence-electron chi connectivity index (χ4n) is 5.60. The van der Waals surface area contributed by atoms with Crippen LogP contribution in [0.5, 0.6) is 0 Å². The van der Waals surface area contributed by atoms with Crippen LogP contribution in [-0.2, 0) is 23.4 Å². The molecule has 3 nitrogen and oxygen atoms in total. The molecule has 39 heavy (non-hydrogen) atoms. The summed E-state index contributed by atoms with van der Waals surface area (Å²) >= 11 is 0.624. The Morgan fingerprint density at radius 3 is 2.38 bits per heavy atom. The number of aromatic nitrogens is 1. The minimum atomic E-state index is -4.44. The number of aliphatic hydroxyl groups is 1. The number of pyridine rings is 1. The molecule has 0 amide bonds. The van der Waals surface area contributed by atoms with Gasteiger partial charge in [-0.3, -0.25) is 4.98 Å². The van der Waals surface area contributed by atoms with Gasteiger partial charge in [0.2, 0.25) is 8.32 Å². The average molecular weight is 580 g/mol. The summed E-state index contributed by atoms with van der Waals surface area (Å²) < 4.78 is 47.4. The first kappa shape index (κ1) is 30.3. The summed E-state index contributed by atoms with van der Waals surface area (Å²) in [5, 5.41) is 11.9. The monoisotopic (exact) mass is 579 g/mol. The van der Waals surface area contributed by atoms with Crippen LogP contribution in [0.2, 0.25) is 18.1 Å². The van der Waals surface area contributed by atoms with Crippen molar-refractivity contribution in [1.82, 2.24) is 4.98 Å². The normalized spacial score (nSPS) is 20.7. The molecule has 0 unspecified atom stereocenters. The Labute approximate surface area is 237 Å². The van der Waals surface area contributed by atoms with E-state index in [4.69, 9.17) is 9.41 Å². The number of hydrogen-bond donors (Lipinski definition) is 1. The van der Waals surface area contributed by atoms with E-state index in [1.807, 2.05) is 0 Å². The van der Waals surface area contributed by atoms with E-state index < -0.39 is 25.5 Å². The number of allylic oxidation sites excluding steroid dienone is 2. The smallest absolute Gasteiger partial charge is 0.425 e. The third-order valence-electron chi connectivity index (χ3n) is 8.86. The molecule has 0 fully saturated rings. The standard InChI is InChI=1S/C31H44F3NO2SSi/c1-18(2)27-26(28(36)23-13-14-24(38-23)31(32,33)34)25(19-15-16-30(6,7)17-21(19)35-27)20-11-10-12-22(20)37-39(8,9)29(3,4)5/h12-14,18,20,28,36H,10-11,15-17H2,1-9H3/t20-,28-/m1/s1. The molecule has 2 aliphatic rings. The summed E-state index contributed by atoms with van der Waals surface area (Å²) in [5.74, 6) is 0.923. The SMILES string of the molecule is CC(C)c1nc2c(c([C@@H]3CCC=C3O[Si](C)(C)C(C)(C)C)c1[C@H](O)c1ccc(C(F)(F)F)s1)CCC(C)(C)C2. The summed E-state index contributed by atoms with van der Waals surface area (Å²) in [7, 11) is -2.13. The second kappa shape index (κ2) is 10.3. The minimum absolute atomic E-state index is 0.000861. The van der Waals surface area contributed by atoms with Crippen LogP contribution in [0.1, 0.15) is 124 Å². The number of aliphatic hydroxyl groups excluding tert-OH is 1. The first-order valence-electron chi connectivity index (χ1n) is 14.1. The Balaban J connectivity index is 1.93. The molecular formula is C31H44F3NO2SSi. The topological polar surface area (TPSA) is 42.4 Å². The Bertz CT molecular complexity index is 1250. The highest BCUT2D eigenvalue weighted by atomic mass is 32.1. The highest BCUT2D eigenvalue weighted by Gasteiger charge is 2.43. The van der Waals surface area contributed by atoms with Crippen LogP contribution in [0, 0.1) is 5.41 Å². The molecule has 0 aliphatic heterocycles. The van der Waals surface area contributed by atoms with Crippen LogP contribution in [-0.4, -0.2) is 18.4 Å². The van der Waals surface area contributed by atoms with Crippen molar-refractivity contribution in [1.29, 1.82) is 0 Å². The van der Waals surface area contributed by atoms with E-state index in [1.54, 1.807) is 0 Å². The first-order chi connectivity index (χ1) is 17.8. The Morgan fingerprint density at radius 1 is 1.15 bits per heavy atom. The number of thiophene rings is 1. The Morgan fingerprint density at radius 2 is 1.82 bits per heavy atom. The van der Waals surface area contributed by atoms with Crippen LogP contribution in [0.25, 0.3) is 0 Å². The van der Waals surface area contributed by atoms with Gasteiger partial charge in [0.1, 0.15) is 11.0 Å². The lowest BCUT2D eigenvalue weighted by Gasteiger charge is -2.40. The van der Waals surface area contributed by atoms with Crippen molar-refractivity contribution in [2.24, 2.45) is 5.41 Å². The number of alkyl halides is 3. The molecule has 2 aromatic rings. The molecule has 0 bridgehead atoms. The molecule has 4 rings (SSSR count). The molecule has 8 heteroatoms. The highest BCUT2D eigenvalue weighted by Crippen LogP contribution is 2.50. The third-order valence-corrected chi connectivity index (χ3v) is 14.4. The van der Waals surface area contributed by atoms with E-state index >= 15 is 0 Å². The number of rotatable bonds is 6. The van der Waals surface area contributed by atoms with Crippen LogP contribution in [0.4, 0.5) is 13.2 Å². The largest absolute Gasteiger partial charge is 0.546 e. The Hall–Kier alpha value is -1.64. The molecule has 2 aromatic heterocycles. The lowest BCUT2D eigenvalue weighted by Crippen LogP contribution is -2.41. The Kier molecular flexibility index (Phi) is 8.02. The summed E-state index contributed by atoms with van der Waals surface area (Å²) in [4.78, 5) is 4.76. The molecule has 0 saturated carbocycles. The zero-order valence-electron chi connectivity index (χ0n) is 24.8. The zero-order chi connectivity index (χ0) is 29.1. The minimum Gasteiger partial charge on any atom is -0.546 e. The van der Waals surface area contributed by atoms with E-state index in [-0.39, 0.29) is 22.3 Å². The van der Waals surface area contributed by atoms with Gasteiger partial charge in [-0.1, -0.05) is 48.5 Å². The van der Waals surface area contributed by atoms with Crippen LogP contribution >= 0.6 is 11.3 Å². The van der Waals surface area contributed by atoms with E-state index in [9.17, 15) is 18.3 Å². The third kappa shape index (κ3) is 6.03. The van der Waals surface area contributed by atoms with Gasteiger partial charge in [-0.05, 0) is 90.9 Å². The lowest BCUT2D eigenvalue weighted by molar-refractivity contribution is -0.134. The number of hydrogen-bond acceptors (Lipinski definition) is 4. The molecule has 0 spiro atoms. The van der Waals surface area contributed by atoms with E-state index in [2.05, 4.69) is 67.6 Å². The van der Waals surface area contributed by atoms with Crippen LogP contribution in [0.3, 0.4) is 0 Å². The van der Waals surface area contributed by atoms with Gasteiger partial charge in [0, 0.05) is 27.7 Å². The van der Waals surface area contributed by atoms with Gasteiger partial charge >= 0.3 is 6.18 Å². The van der Waals surface area contributed by atoms with Crippen LogP contribution in [0.15, 0.2) is 24.0 Å². The lowest BCUT2D eigenvalue weighted by atomic mass is 9.72. The van der Waals surface area contributed by atoms with Crippen molar-refractivity contribution in [2.45, 2.75) is 123 Å². The fourth-order valence-corrected chi connectivity index (χ4v) is 7.60. The first-order valence-corrected chi connectivity index (χ1v) is 17.8. The molecule has 0 aromatic carbocycles. The second-order valence-corrected chi connectivity index (χ2v) is 19.8. The summed E-state index contributed by atoms with van der Waals surface area (Å²) in [6, 6.07) is 2.50. The van der Waals surface area contributed by atoms with Gasteiger partial charge in [0.05, 0.1) is 5.76 Å². The molecule has 0 saturated heterocycles. The predicted octanol–water partition coefficient (Wildman–Crippen LogP) is 9.66. The molecule has 216 valence electrons. The van der Waals surface area contributed by atoms with E-state index in [1.165, 1.54) is 6.07 Å². The molecule has 2 heterocycles. The maximum Gasteiger partial charge on any atom is 0.425 e. The number of nitrogens with zero attached hydrogens (tertiary/aromatic N) is 1. The fraction of sp³-hybridized carbons (Fsp3) is 0.645. The summed E-state index contributed by atoms with van der Waals surface area (Å²) in [5.41, 5.74) is 4.88. The van der Waals surface area contributed by atoms with E-state index in [0.717, 1.165) is 66.4 Å². The van der Waals surface area contributed by atoms with Gasteiger partial charge in [-0.2, -0.15) is 13.2 Å². The van der Waals surface area contributed by atoms with Crippen molar-refractivity contribution in [2.75, 3.05) is 0 Å². The second-order valence-electron chi connectivity index (χ2n) is 13.9. The molecule has 1 N–H and O–H groups in total. The van der Waals surface area contributed by atoms with Gasteiger partial charge in [-0.25, -0.2) is 0 Å². The van der Waals surface area contributed by atoms with Crippen molar-refractivity contribution in [3.05, 3.63) is 61.8 Å². The van der Waals surface area contributed by atoms with Crippen molar-refractivity contribution in [3.63, 3.8) is 0 Å². The number of fused-ring (bicyclic) bond motifs is 1. The maximum atomic E-state index is 13.5. The van der Waals surface area contributed by atoms with Gasteiger partial charge in [0.15, 0.2) is 0 Å². The van der Waals surface area contributed by atoms with Gasteiger partial charge < -0.3 is 9.53 Å². The molecule has 2 atom stereocenters. The summed E-state index contributed by atoms with van der Waals surface area (Å²) in [6.07, 6.45) is 0.994. The summed E-state index contributed by atoms with van der Waals surface area (Å²) in [6.45, 7) is 19.8. The van der Waals surface area contributed by atoms with Crippen molar-refractivity contribution >= 4 is 19.7 Å². The highest BCUT2D eigenvalue weighted by molar-refractivity contribution is 7.12. The maximum absolute atomic E-state index is 13.5.